The molecule has 2 aromatic heterocycles. The summed E-state index contributed by atoms with van der Waals surface area (Å²) < 4.78 is 1.44. The van der Waals surface area contributed by atoms with Gasteiger partial charge in [0.1, 0.15) is 5.01 Å². The number of nitrogens with zero attached hydrogens (tertiary/aromatic N) is 3. The zero-order valence-electron chi connectivity index (χ0n) is 14.4. The molecule has 0 aromatic carbocycles. The van der Waals surface area contributed by atoms with Crippen LogP contribution in [0.2, 0.25) is 0 Å². The van der Waals surface area contributed by atoms with Gasteiger partial charge >= 0.3 is 0 Å². The summed E-state index contributed by atoms with van der Waals surface area (Å²) >= 11 is 1.74. The number of carbonyl (C=O) groups excluding carboxylic acids is 1. The maximum absolute atomic E-state index is 12.7. The van der Waals surface area contributed by atoms with Crippen LogP contribution in [0, 0.1) is 5.92 Å². The fourth-order valence-electron chi connectivity index (χ4n) is 3.05. The first kappa shape index (κ1) is 16.9. The molecule has 3 rings (SSSR count). The van der Waals surface area contributed by atoms with E-state index in [9.17, 15) is 9.59 Å². The number of hydrogen-bond donors (Lipinski definition) is 0. The van der Waals surface area contributed by atoms with Gasteiger partial charge in [-0.2, -0.15) is 0 Å². The number of thiazole rings is 1. The van der Waals surface area contributed by atoms with E-state index in [1.165, 1.54) is 27.6 Å². The lowest BCUT2D eigenvalue weighted by molar-refractivity contribution is 0.0751. The van der Waals surface area contributed by atoms with Crippen molar-refractivity contribution in [3.05, 3.63) is 49.8 Å². The van der Waals surface area contributed by atoms with Gasteiger partial charge in [0.25, 0.3) is 5.91 Å². The highest BCUT2D eigenvalue weighted by Gasteiger charge is 2.22. The number of amides is 1. The minimum absolute atomic E-state index is 0.0605. The van der Waals surface area contributed by atoms with E-state index in [-0.39, 0.29) is 11.5 Å². The molecule has 2 aromatic rings. The molecule has 0 N–H and O–H groups in total. The molecule has 128 valence electrons. The highest BCUT2D eigenvalue weighted by molar-refractivity contribution is 7.11. The van der Waals surface area contributed by atoms with Gasteiger partial charge in [0, 0.05) is 30.7 Å². The number of pyridine rings is 1. The molecule has 1 atom stereocenters. The van der Waals surface area contributed by atoms with Crippen LogP contribution in [0.1, 0.15) is 46.2 Å². The minimum Gasteiger partial charge on any atom is -0.332 e. The lowest BCUT2D eigenvalue weighted by Crippen LogP contribution is -2.31. The average Bonchev–Trinajstić information content (AvgIpc) is 2.96. The van der Waals surface area contributed by atoms with Crippen molar-refractivity contribution in [2.75, 3.05) is 6.54 Å². The zero-order valence-corrected chi connectivity index (χ0v) is 15.2. The molecule has 1 unspecified atom stereocenters. The molecule has 0 bridgehead atoms. The van der Waals surface area contributed by atoms with E-state index in [2.05, 4.69) is 6.92 Å². The van der Waals surface area contributed by atoms with Crippen LogP contribution < -0.4 is 5.56 Å². The number of aromatic nitrogens is 2. The van der Waals surface area contributed by atoms with Gasteiger partial charge < -0.3 is 9.47 Å². The second kappa shape index (κ2) is 6.89. The summed E-state index contributed by atoms with van der Waals surface area (Å²) in [6, 6.07) is 3.03. The molecule has 0 spiro atoms. The van der Waals surface area contributed by atoms with Crippen LogP contribution in [0.5, 0.6) is 0 Å². The third kappa shape index (κ3) is 3.43. The van der Waals surface area contributed by atoms with Gasteiger partial charge in [0.2, 0.25) is 5.56 Å². The van der Waals surface area contributed by atoms with Crippen molar-refractivity contribution < 1.29 is 4.79 Å². The van der Waals surface area contributed by atoms with Gasteiger partial charge in [-0.05, 0) is 38.2 Å². The van der Waals surface area contributed by atoms with E-state index in [0.717, 1.165) is 23.8 Å². The van der Waals surface area contributed by atoms with Crippen LogP contribution in [-0.2, 0) is 26.4 Å². The summed E-state index contributed by atoms with van der Waals surface area (Å²) in [5.41, 5.74) is 1.64. The SMILES string of the molecule is CCN(Cc1nc2c(s1)CC(C)CC2)C(=O)c1ccc(=O)n(C)c1. The first-order valence-electron chi connectivity index (χ1n) is 8.41. The lowest BCUT2D eigenvalue weighted by atomic mass is 9.93. The summed E-state index contributed by atoms with van der Waals surface area (Å²) in [6.45, 7) is 5.39. The number of rotatable bonds is 4. The van der Waals surface area contributed by atoms with Gasteiger partial charge in [-0.3, -0.25) is 9.59 Å². The van der Waals surface area contributed by atoms with Crippen molar-refractivity contribution in [3.8, 4) is 0 Å². The highest BCUT2D eigenvalue weighted by atomic mass is 32.1. The van der Waals surface area contributed by atoms with E-state index in [1.54, 1.807) is 35.5 Å². The van der Waals surface area contributed by atoms with Gasteiger partial charge in [0.05, 0.1) is 17.8 Å². The van der Waals surface area contributed by atoms with Crippen LogP contribution >= 0.6 is 11.3 Å². The van der Waals surface area contributed by atoms with Crippen molar-refractivity contribution in [1.29, 1.82) is 0 Å². The van der Waals surface area contributed by atoms with Crippen LogP contribution in [0.15, 0.2) is 23.1 Å². The molecular weight excluding hydrogens is 322 g/mol. The molecule has 5 nitrogen and oxygen atoms in total. The fourth-order valence-corrected chi connectivity index (χ4v) is 4.35. The minimum atomic E-state index is -0.115. The maximum atomic E-state index is 12.7. The van der Waals surface area contributed by atoms with Gasteiger partial charge in [-0.1, -0.05) is 6.92 Å². The summed E-state index contributed by atoms with van der Waals surface area (Å²) in [5, 5.41) is 1.01. The Morgan fingerprint density at radius 3 is 2.96 bits per heavy atom. The second-order valence-corrected chi connectivity index (χ2v) is 7.68. The molecule has 6 heteroatoms. The Bertz CT molecular complexity index is 809. The van der Waals surface area contributed by atoms with Crippen LogP contribution in [-0.4, -0.2) is 26.9 Å². The Morgan fingerprint density at radius 1 is 1.46 bits per heavy atom. The second-order valence-electron chi connectivity index (χ2n) is 6.51. The predicted molar refractivity (Wildman–Crippen MR) is 95.4 cm³/mol. The molecule has 0 radical (unpaired) electrons. The zero-order chi connectivity index (χ0) is 17.3. The smallest absolute Gasteiger partial charge is 0.255 e. The van der Waals surface area contributed by atoms with E-state index < -0.39 is 0 Å². The molecular formula is C18H23N3O2S. The molecule has 1 aliphatic rings. The van der Waals surface area contributed by atoms with E-state index in [4.69, 9.17) is 4.98 Å². The lowest BCUT2D eigenvalue weighted by Gasteiger charge is -2.19. The molecule has 0 saturated heterocycles. The topological polar surface area (TPSA) is 55.2 Å². The quantitative estimate of drug-likeness (QED) is 0.856. The largest absolute Gasteiger partial charge is 0.332 e. The third-order valence-electron chi connectivity index (χ3n) is 4.56. The number of carbonyl (C=O) groups is 1. The predicted octanol–water partition coefficient (Wildman–Crippen LogP) is 2.63. The Balaban J connectivity index is 1.78. The summed E-state index contributed by atoms with van der Waals surface area (Å²) in [5.74, 6) is 0.662. The Hall–Kier alpha value is -1.95. The van der Waals surface area contributed by atoms with E-state index in [1.807, 2.05) is 6.92 Å². The van der Waals surface area contributed by atoms with Gasteiger partial charge in [-0.15, -0.1) is 11.3 Å². The molecule has 1 aliphatic carbocycles. The molecule has 0 saturated carbocycles. The number of fused-ring (bicyclic) bond motifs is 1. The first-order chi connectivity index (χ1) is 11.5. The summed E-state index contributed by atoms with van der Waals surface area (Å²) in [4.78, 5) is 32.1. The van der Waals surface area contributed by atoms with Crippen LogP contribution in [0.3, 0.4) is 0 Å². The summed E-state index contributed by atoms with van der Waals surface area (Å²) in [6.07, 6.45) is 4.95. The van der Waals surface area contributed by atoms with E-state index in [0.29, 0.717) is 18.7 Å². The van der Waals surface area contributed by atoms with Crippen LogP contribution in [0.25, 0.3) is 0 Å². The van der Waals surface area contributed by atoms with Gasteiger partial charge in [0.15, 0.2) is 0 Å². The molecule has 1 amide bonds. The maximum Gasteiger partial charge on any atom is 0.255 e. The fraction of sp³-hybridized carbons (Fsp3) is 0.500. The van der Waals surface area contributed by atoms with Crippen molar-refractivity contribution in [2.24, 2.45) is 13.0 Å². The number of aryl methyl sites for hydroxylation is 2. The van der Waals surface area contributed by atoms with Crippen molar-refractivity contribution >= 4 is 17.2 Å². The molecule has 0 fully saturated rings. The van der Waals surface area contributed by atoms with E-state index >= 15 is 0 Å². The van der Waals surface area contributed by atoms with Crippen molar-refractivity contribution in [1.82, 2.24) is 14.5 Å². The Labute approximate surface area is 146 Å². The van der Waals surface area contributed by atoms with Crippen molar-refractivity contribution in [3.63, 3.8) is 0 Å². The monoisotopic (exact) mass is 345 g/mol. The Morgan fingerprint density at radius 2 is 2.25 bits per heavy atom. The average molecular weight is 345 g/mol. The first-order valence-corrected chi connectivity index (χ1v) is 9.23. The molecule has 0 aliphatic heterocycles. The normalized spacial score (nSPS) is 16.7. The third-order valence-corrected chi connectivity index (χ3v) is 5.66. The molecule has 24 heavy (non-hydrogen) atoms. The number of hydrogen-bond acceptors (Lipinski definition) is 4. The van der Waals surface area contributed by atoms with Crippen LogP contribution in [0.4, 0.5) is 0 Å². The van der Waals surface area contributed by atoms with Gasteiger partial charge in [-0.25, -0.2) is 4.98 Å². The Kier molecular flexibility index (Phi) is 4.85. The highest BCUT2D eigenvalue weighted by Crippen LogP contribution is 2.30. The van der Waals surface area contributed by atoms with Crippen molar-refractivity contribution in [2.45, 2.75) is 39.7 Å². The summed E-state index contributed by atoms with van der Waals surface area (Å²) in [7, 11) is 1.66. The standard InChI is InChI=1S/C18H23N3O2S/c1-4-21(18(23)13-6-8-17(22)20(3)10-13)11-16-19-14-7-5-12(2)9-15(14)24-16/h6,8,10,12H,4-5,7,9,11H2,1-3H3. The molecule has 2 heterocycles.